The third kappa shape index (κ3) is 5.05. The monoisotopic (exact) mass is 460 g/mol. The van der Waals surface area contributed by atoms with Gasteiger partial charge in [0.1, 0.15) is 18.8 Å². The first-order chi connectivity index (χ1) is 16.5. The van der Waals surface area contributed by atoms with Crippen molar-refractivity contribution < 1.29 is 19.4 Å². The molecule has 2 N–H and O–H groups in total. The van der Waals surface area contributed by atoms with Gasteiger partial charge in [0.2, 0.25) is 5.91 Å². The van der Waals surface area contributed by atoms with E-state index < -0.39 is 6.61 Å². The summed E-state index contributed by atoms with van der Waals surface area (Å²) in [6.45, 7) is -0.466. The van der Waals surface area contributed by atoms with E-state index in [0.717, 1.165) is 47.8 Å². The molecule has 1 heterocycles. The number of benzene rings is 2. The average molecular weight is 461 g/mol. The zero-order chi connectivity index (χ0) is 24.1. The number of methoxy groups -OCH3 is 1. The lowest BCUT2D eigenvalue weighted by Gasteiger charge is -2.34. The summed E-state index contributed by atoms with van der Waals surface area (Å²) in [5.41, 5.74) is 2.33. The lowest BCUT2D eigenvalue weighted by atomic mass is 9.92. The standard InChI is InChI=1S/C26H28N4O4/c1-4-17-6-5-7-18(12-17)29-26-21-13-24(23(33-3)14-22(21)27-16-28-26)34-20-10-8-19(9-11-20)30(2)25(32)15-31/h1,5-7,12-14,16,19-20,31H,8-11,15H2,2-3H3,(H,27,28,29). The van der Waals surface area contributed by atoms with Crippen molar-refractivity contribution in [2.45, 2.75) is 37.8 Å². The van der Waals surface area contributed by atoms with Gasteiger partial charge in [-0.15, -0.1) is 6.42 Å². The number of carbonyl (C=O) groups excluding carboxylic acids is 1. The number of likely N-dealkylation sites (N-methyl/N-ethyl adjacent to an activating group) is 1. The van der Waals surface area contributed by atoms with Crippen LogP contribution in [0.2, 0.25) is 0 Å². The molecule has 0 atom stereocenters. The van der Waals surface area contributed by atoms with Crippen molar-refractivity contribution in [1.82, 2.24) is 14.9 Å². The highest BCUT2D eigenvalue weighted by molar-refractivity contribution is 5.93. The normalized spacial score (nSPS) is 17.6. The molecule has 3 aromatic rings. The van der Waals surface area contributed by atoms with Crippen LogP contribution >= 0.6 is 0 Å². The molecule has 0 radical (unpaired) electrons. The van der Waals surface area contributed by atoms with Crippen LogP contribution in [0.3, 0.4) is 0 Å². The molecule has 8 heteroatoms. The Morgan fingerprint density at radius 3 is 2.71 bits per heavy atom. The highest BCUT2D eigenvalue weighted by Crippen LogP contribution is 2.37. The quantitative estimate of drug-likeness (QED) is 0.521. The van der Waals surface area contributed by atoms with E-state index in [2.05, 4.69) is 21.2 Å². The number of ether oxygens (including phenoxy) is 2. The van der Waals surface area contributed by atoms with Crippen molar-refractivity contribution in [1.29, 1.82) is 0 Å². The molecule has 0 saturated heterocycles. The summed E-state index contributed by atoms with van der Waals surface area (Å²) < 4.78 is 11.9. The topological polar surface area (TPSA) is 96.8 Å². The number of hydrogen-bond acceptors (Lipinski definition) is 7. The second-order valence-electron chi connectivity index (χ2n) is 8.30. The fraction of sp³-hybridized carbons (Fsp3) is 0.346. The molecule has 8 nitrogen and oxygen atoms in total. The maximum Gasteiger partial charge on any atom is 0.248 e. The molecule has 2 aromatic carbocycles. The first-order valence-corrected chi connectivity index (χ1v) is 11.2. The Kier molecular flexibility index (Phi) is 7.14. The molecule has 1 saturated carbocycles. The predicted octanol–water partition coefficient (Wildman–Crippen LogP) is 3.50. The van der Waals surface area contributed by atoms with Crippen molar-refractivity contribution in [3.63, 3.8) is 0 Å². The number of carbonyl (C=O) groups is 1. The second-order valence-corrected chi connectivity index (χ2v) is 8.30. The van der Waals surface area contributed by atoms with Crippen LogP contribution in [0.4, 0.5) is 11.5 Å². The SMILES string of the molecule is C#Cc1cccc(Nc2ncnc3cc(OC)c(OC4CCC(N(C)C(=O)CO)CC4)cc23)c1. The summed E-state index contributed by atoms with van der Waals surface area (Å²) in [6, 6.07) is 11.4. The molecule has 1 fully saturated rings. The van der Waals surface area contributed by atoms with Crippen LogP contribution in [0.15, 0.2) is 42.7 Å². The van der Waals surface area contributed by atoms with Gasteiger partial charge in [-0.2, -0.15) is 0 Å². The minimum Gasteiger partial charge on any atom is -0.493 e. The number of amides is 1. The van der Waals surface area contributed by atoms with E-state index in [1.165, 1.54) is 6.33 Å². The molecule has 34 heavy (non-hydrogen) atoms. The Bertz CT molecular complexity index is 1220. The third-order valence-corrected chi connectivity index (χ3v) is 6.23. The van der Waals surface area contributed by atoms with Crippen LogP contribution in [-0.2, 0) is 4.79 Å². The van der Waals surface area contributed by atoms with Gasteiger partial charge in [0, 0.05) is 35.8 Å². The molecule has 1 aliphatic rings. The lowest BCUT2D eigenvalue weighted by Crippen LogP contribution is -2.42. The van der Waals surface area contributed by atoms with Crippen LogP contribution < -0.4 is 14.8 Å². The van der Waals surface area contributed by atoms with E-state index >= 15 is 0 Å². The number of nitrogens with zero attached hydrogens (tertiary/aromatic N) is 3. The number of fused-ring (bicyclic) bond motifs is 1. The molecule has 0 bridgehead atoms. The van der Waals surface area contributed by atoms with E-state index in [1.807, 2.05) is 36.4 Å². The lowest BCUT2D eigenvalue weighted by molar-refractivity contribution is -0.135. The number of aliphatic hydroxyl groups excluding tert-OH is 1. The zero-order valence-electron chi connectivity index (χ0n) is 19.3. The van der Waals surface area contributed by atoms with Crippen molar-refractivity contribution >= 4 is 28.3 Å². The van der Waals surface area contributed by atoms with Gasteiger partial charge in [-0.25, -0.2) is 9.97 Å². The van der Waals surface area contributed by atoms with E-state index in [9.17, 15) is 4.79 Å². The zero-order valence-corrected chi connectivity index (χ0v) is 19.3. The minimum atomic E-state index is -0.466. The van der Waals surface area contributed by atoms with Gasteiger partial charge in [0.15, 0.2) is 11.5 Å². The van der Waals surface area contributed by atoms with E-state index in [1.54, 1.807) is 19.1 Å². The van der Waals surface area contributed by atoms with Crippen molar-refractivity contribution in [3.05, 3.63) is 48.3 Å². The van der Waals surface area contributed by atoms with Gasteiger partial charge in [-0.05, 0) is 49.9 Å². The van der Waals surface area contributed by atoms with Crippen molar-refractivity contribution in [2.24, 2.45) is 0 Å². The van der Waals surface area contributed by atoms with Gasteiger partial charge in [0.05, 0.1) is 18.7 Å². The fourth-order valence-corrected chi connectivity index (χ4v) is 4.28. The molecular formula is C26H28N4O4. The summed E-state index contributed by atoms with van der Waals surface area (Å²) in [4.78, 5) is 22.2. The molecule has 0 spiro atoms. The van der Waals surface area contributed by atoms with Gasteiger partial charge < -0.3 is 24.8 Å². The molecule has 176 valence electrons. The van der Waals surface area contributed by atoms with Crippen LogP contribution in [0.1, 0.15) is 31.2 Å². The van der Waals surface area contributed by atoms with Crippen LogP contribution in [0.25, 0.3) is 10.9 Å². The van der Waals surface area contributed by atoms with Gasteiger partial charge in [0.25, 0.3) is 0 Å². The number of aromatic nitrogens is 2. The largest absolute Gasteiger partial charge is 0.493 e. The average Bonchev–Trinajstić information content (AvgIpc) is 2.88. The number of anilines is 2. The van der Waals surface area contributed by atoms with Gasteiger partial charge >= 0.3 is 0 Å². The molecule has 1 aromatic heterocycles. The van der Waals surface area contributed by atoms with Crippen molar-refractivity contribution in [3.8, 4) is 23.8 Å². The maximum atomic E-state index is 11.8. The van der Waals surface area contributed by atoms with Crippen LogP contribution in [0, 0.1) is 12.3 Å². The summed E-state index contributed by atoms with van der Waals surface area (Å²) in [7, 11) is 3.34. The van der Waals surface area contributed by atoms with E-state index in [4.69, 9.17) is 21.0 Å². The first kappa shape index (κ1) is 23.3. The van der Waals surface area contributed by atoms with Crippen molar-refractivity contribution in [2.75, 3.05) is 26.1 Å². The molecule has 1 amide bonds. The van der Waals surface area contributed by atoms with Gasteiger partial charge in [-0.1, -0.05) is 12.0 Å². The Balaban J connectivity index is 1.55. The number of aliphatic hydroxyl groups is 1. The first-order valence-electron chi connectivity index (χ1n) is 11.2. The Morgan fingerprint density at radius 2 is 2.00 bits per heavy atom. The molecule has 1 aliphatic carbocycles. The number of nitrogens with one attached hydrogen (secondary N) is 1. The maximum absolute atomic E-state index is 11.8. The predicted molar refractivity (Wildman–Crippen MR) is 130 cm³/mol. The van der Waals surface area contributed by atoms with Crippen LogP contribution in [-0.4, -0.2) is 58.8 Å². The number of terminal acetylenes is 1. The molecule has 0 unspecified atom stereocenters. The van der Waals surface area contributed by atoms with E-state index in [0.29, 0.717) is 17.3 Å². The molecule has 0 aliphatic heterocycles. The van der Waals surface area contributed by atoms with Crippen LogP contribution in [0.5, 0.6) is 11.5 Å². The highest BCUT2D eigenvalue weighted by atomic mass is 16.5. The summed E-state index contributed by atoms with van der Waals surface area (Å²) in [5, 5.41) is 13.2. The number of rotatable bonds is 7. The van der Waals surface area contributed by atoms with Gasteiger partial charge in [-0.3, -0.25) is 4.79 Å². The minimum absolute atomic E-state index is 0.00595. The summed E-state index contributed by atoms with van der Waals surface area (Å²) in [6.07, 6.45) is 10.2. The molecular weight excluding hydrogens is 432 g/mol. The fourth-order valence-electron chi connectivity index (χ4n) is 4.28. The highest BCUT2D eigenvalue weighted by Gasteiger charge is 2.28. The second kappa shape index (κ2) is 10.4. The smallest absolute Gasteiger partial charge is 0.248 e. The molecule has 4 rings (SSSR count). The Hall–Kier alpha value is -3.83. The third-order valence-electron chi connectivity index (χ3n) is 6.23. The summed E-state index contributed by atoms with van der Waals surface area (Å²) >= 11 is 0. The summed E-state index contributed by atoms with van der Waals surface area (Å²) in [5.74, 6) is 4.24. The van der Waals surface area contributed by atoms with E-state index in [-0.39, 0.29) is 18.1 Å². The Labute approximate surface area is 198 Å². The number of hydrogen-bond donors (Lipinski definition) is 2. The Morgan fingerprint density at radius 1 is 1.21 bits per heavy atom.